The first-order chi connectivity index (χ1) is 9.60. The molecule has 1 unspecified atom stereocenters. The molecule has 0 saturated carbocycles. The third-order valence-corrected chi connectivity index (χ3v) is 3.04. The first-order valence-electron chi connectivity index (χ1n) is 6.25. The molecule has 0 amide bonds. The molecule has 104 valence electrons. The van der Waals surface area contributed by atoms with E-state index >= 15 is 0 Å². The van der Waals surface area contributed by atoms with Crippen molar-refractivity contribution in [2.45, 2.75) is 19.3 Å². The first kappa shape index (κ1) is 14.0. The largest absolute Gasteiger partial charge is 0.497 e. The van der Waals surface area contributed by atoms with E-state index in [1.54, 1.807) is 19.4 Å². The molecule has 0 aliphatic heterocycles. The van der Waals surface area contributed by atoms with Crippen molar-refractivity contribution < 1.29 is 14.6 Å². The summed E-state index contributed by atoms with van der Waals surface area (Å²) in [5, 5.41) is 17.2. The molecule has 5 nitrogen and oxygen atoms in total. The number of carboxylic acid groups (broad SMARTS) is 1. The number of ether oxygens (including phenoxy) is 1. The van der Waals surface area contributed by atoms with Crippen molar-refractivity contribution in [3.63, 3.8) is 0 Å². The van der Waals surface area contributed by atoms with Gasteiger partial charge in [0.1, 0.15) is 11.7 Å². The van der Waals surface area contributed by atoms with Crippen LogP contribution in [0.3, 0.4) is 0 Å². The minimum absolute atomic E-state index is 0.352. The maximum Gasteiger partial charge on any atom is 0.313 e. The fraction of sp³-hybridized carbons (Fsp3) is 0.267. The van der Waals surface area contributed by atoms with E-state index in [-0.39, 0.29) is 0 Å². The molecule has 5 heteroatoms. The van der Waals surface area contributed by atoms with Gasteiger partial charge in [-0.2, -0.15) is 10.2 Å². The van der Waals surface area contributed by atoms with Crippen molar-refractivity contribution >= 4 is 5.97 Å². The highest BCUT2D eigenvalue weighted by atomic mass is 16.5. The highest BCUT2D eigenvalue weighted by Gasteiger charge is 2.22. The number of aliphatic carboxylic acids is 1. The number of carboxylic acids is 1. The molecule has 0 aliphatic rings. The van der Waals surface area contributed by atoms with Gasteiger partial charge in [0.05, 0.1) is 19.0 Å². The number of hydrogen-bond acceptors (Lipinski definition) is 4. The summed E-state index contributed by atoms with van der Waals surface area (Å²) in [5.74, 6) is -0.913. The van der Waals surface area contributed by atoms with E-state index < -0.39 is 11.9 Å². The average Bonchev–Trinajstić information content (AvgIpc) is 2.44. The standard InChI is InChI=1S/C15H16N2O3/c1-10-6-14(17-16-9-10)13(15(18)19)8-11-4-3-5-12(7-11)20-2/h3-7,9,13H,8H2,1-2H3,(H,18,19). The zero-order valence-corrected chi connectivity index (χ0v) is 11.4. The Labute approximate surface area is 117 Å². The molecule has 1 N–H and O–H groups in total. The quantitative estimate of drug-likeness (QED) is 0.903. The molecule has 2 aromatic rings. The summed E-state index contributed by atoms with van der Waals surface area (Å²) in [6, 6.07) is 9.13. The summed E-state index contributed by atoms with van der Waals surface area (Å²) in [6.07, 6.45) is 1.96. The fourth-order valence-electron chi connectivity index (χ4n) is 2.01. The maximum atomic E-state index is 11.5. The third kappa shape index (κ3) is 3.32. The lowest BCUT2D eigenvalue weighted by atomic mass is 9.95. The van der Waals surface area contributed by atoms with E-state index in [1.165, 1.54) is 0 Å². The van der Waals surface area contributed by atoms with Gasteiger partial charge in [0.2, 0.25) is 0 Å². The van der Waals surface area contributed by atoms with Crippen molar-refractivity contribution in [3.8, 4) is 5.75 Å². The van der Waals surface area contributed by atoms with E-state index in [9.17, 15) is 9.90 Å². The van der Waals surface area contributed by atoms with Crippen LogP contribution in [0.15, 0.2) is 36.5 Å². The fourth-order valence-corrected chi connectivity index (χ4v) is 2.01. The van der Waals surface area contributed by atoms with Crippen molar-refractivity contribution in [3.05, 3.63) is 53.3 Å². The molecule has 1 aromatic carbocycles. The SMILES string of the molecule is COc1cccc(CC(C(=O)O)c2cc(C)cnn2)c1. The molecule has 1 heterocycles. The van der Waals surface area contributed by atoms with E-state index in [4.69, 9.17) is 4.74 Å². The molecule has 1 aromatic heterocycles. The zero-order chi connectivity index (χ0) is 14.5. The van der Waals surface area contributed by atoms with Crippen LogP contribution in [0, 0.1) is 6.92 Å². The molecule has 1 atom stereocenters. The number of methoxy groups -OCH3 is 1. The molecular weight excluding hydrogens is 256 g/mol. The van der Waals surface area contributed by atoms with E-state index in [0.717, 1.165) is 11.1 Å². The van der Waals surface area contributed by atoms with E-state index in [2.05, 4.69) is 10.2 Å². The second-order valence-corrected chi connectivity index (χ2v) is 4.60. The molecule has 0 radical (unpaired) electrons. The van der Waals surface area contributed by atoms with Crippen molar-refractivity contribution in [1.82, 2.24) is 10.2 Å². The van der Waals surface area contributed by atoms with Gasteiger partial charge in [0.25, 0.3) is 0 Å². The van der Waals surface area contributed by atoms with Crippen LogP contribution in [0.1, 0.15) is 22.7 Å². The summed E-state index contributed by atoms with van der Waals surface area (Å²) < 4.78 is 5.15. The number of aryl methyl sites for hydroxylation is 1. The molecular formula is C15H16N2O3. The highest BCUT2D eigenvalue weighted by Crippen LogP contribution is 2.22. The lowest BCUT2D eigenvalue weighted by molar-refractivity contribution is -0.138. The monoisotopic (exact) mass is 272 g/mol. The average molecular weight is 272 g/mol. The summed E-state index contributed by atoms with van der Waals surface area (Å²) in [7, 11) is 1.58. The normalized spacial score (nSPS) is 11.9. The number of carbonyl (C=O) groups is 1. The molecule has 0 fully saturated rings. The minimum atomic E-state index is -0.910. The van der Waals surface area contributed by atoms with Crippen LogP contribution in [0.2, 0.25) is 0 Å². The smallest absolute Gasteiger partial charge is 0.313 e. The number of hydrogen-bond donors (Lipinski definition) is 1. The van der Waals surface area contributed by atoms with E-state index in [1.807, 2.05) is 31.2 Å². The van der Waals surface area contributed by atoms with Crippen molar-refractivity contribution in [2.24, 2.45) is 0 Å². The first-order valence-corrected chi connectivity index (χ1v) is 6.25. The van der Waals surface area contributed by atoms with Gasteiger partial charge in [0, 0.05) is 0 Å². The lowest BCUT2D eigenvalue weighted by Crippen LogP contribution is -2.16. The van der Waals surface area contributed by atoms with Crippen LogP contribution in [-0.2, 0) is 11.2 Å². The van der Waals surface area contributed by atoms with Crippen molar-refractivity contribution in [1.29, 1.82) is 0 Å². The Hall–Kier alpha value is -2.43. The van der Waals surface area contributed by atoms with E-state index in [0.29, 0.717) is 17.9 Å². The van der Waals surface area contributed by atoms with Crippen LogP contribution in [0.4, 0.5) is 0 Å². The van der Waals surface area contributed by atoms with Gasteiger partial charge in [-0.25, -0.2) is 0 Å². The van der Waals surface area contributed by atoms with Crippen LogP contribution in [-0.4, -0.2) is 28.4 Å². The molecule has 0 bridgehead atoms. The van der Waals surface area contributed by atoms with Crippen LogP contribution < -0.4 is 4.74 Å². The summed E-state index contributed by atoms with van der Waals surface area (Å²) in [6.45, 7) is 1.86. The lowest BCUT2D eigenvalue weighted by Gasteiger charge is -2.12. The predicted octanol–water partition coefficient (Wildman–Crippen LogP) is 2.20. The third-order valence-electron chi connectivity index (χ3n) is 3.04. The zero-order valence-electron chi connectivity index (χ0n) is 11.4. The molecule has 0 aliphatic carbocycles. The summed E-state index contributed by atoms with van der Waals surface area (Å²) >= 11 is 0. The van der Waals surface area contributed by atoms with Crippen LogP contribution >= 0.6 is 0 Å². The molecule has 0 spiro atoms. The van der Waals surface area contributed by atoms with Gasteiger partial charge in [-0.3, -0.25) is 4.79 Å². The number of aromatic nitrogens is 2. The molecule has 2 rings (SSSR count). The minimum Gasteiger partial charge on any atom is -0.497 e. The Balaban J connectivity index is 2.28. The second-order valence-electron chi connectivity index (χ2n) is 4.60. The second kappa shape index (κ2) is 6.14. The van der Waals surface area contributed by atoms with Gasteiger partial charge in [-0.15, -0.1) is 0 Å². The van der Waals surface area contributed by atoms with Crippen LogP contribution in [0.5, 0.6) is 5.75 Å². The van der Waals surface area contributed by atoms with Gasteiger partial charge in [0.15, 0.2) is 0 Å². The Morgan fingerprint density at radius 1 is 1.40 bits per heavy atom. The maximum absolute atomic E-state index is 11.5. The number of nitrogens with zero attached hydrogens (tertiary/aromatic N) is 2. The number of benzene rings is 1. The highest BCUT2D eigenvalue weighted by molar-refractivity contribution is 5.75. The van der Waals surface area contributed by atoms with Gasteiger partial charge >= 0.3 is 5.97 Å². The molecule has 20 heavy (non-hydrogen) atoms. The van der Waals surface area contributed by atoms with Gasteiger partial charge < -0.3 is 9.84 Å². The predicted molar refractivity (Wildman–Crippen MR) is 73.8 cm³/mol. The Morgan fingerprint density at radius 3 is 2.85 bits per heavy atom. The Kier molecular flexibility index (Phi) is 4.30. The Morgan fingerprint density at radius 2 is 2.20 bits per heavy atom. The van der Waals surface area contributed by atoms with Crippen LogP contribution in [0.25, 0.3) is 0 Å². The summed E-state index contributed by atoms with van der Waals surface area (Å²) in [4.78, 5) is 11.5. The van der Waals surface area contributed by atoms with Gasteiger partial charge in [-0.1, -0.05) is 12.1 Å². The van der Waals surface area contributed by atoms with Gasteiger partial charge in [-0.05, 0) is 42.7 Å². The van der Waals surface area contributed by atoms with Crippen molar-refractivity contribution in [2.75, 3.05) is 7.11 Å². The Bertz CT molecular complexity index is 614. The summed E-state index contributed by atoms with van der Waals surface area (Å²) in [5.41, 5.74) is 2.26. The molecule has 0 saturated heterocycles. The topological polar surface area (TPSA) is 72.3 Å². The number of rotatable bonds is 5.